The Morgan fingerprint density at radius 3 is 1.37 bits per heavy atom. The van der Waals surface area contributed by atoms with Gasteiger partial charge in [0.15, 0.2) is 5.78 Å². The molecule has 680 valence electrons. The summed E-state index contributed by atoms with van der Waals surface area (Å²) in [6.45, 7) is 25.5. The quantitative estimate of drug-likeness (QED) is 0.0293. The summed E-state index contributed by atoms with van der Waals surface area (Å²) in [7, 11) is -1.58. The number of hydrogen-bond acceptors (Lipinski definition) is 21. The number of carbonyl (C=O) groups is 9. The van der Waals surface area contributed by atoms with Crippen molar-refractivity contribution in [2.75, 3.05) is 31.5 Å². The van der Waals surface area contributed by atoms with Crippen molar-refractivity contribution >= 4 is 141 Å². The SMILES string of the molecule is CC(C)(C)OC(=O)N1CC(=O)C[C@@H]1C(=O)O.CC(C)(C)OC(=O)N1C[C@@](O)(c2ccccc2)C[C@@H]1C(=O)Nc1cc(C(CCC2CC2)(N[S@](=O)C(C)(C)C)c2cccc(C#N)c2)ccc1F.CC(C)(C)OC(=O)N1C[C@@](O)(c2ccccc2)C[C@@H]1C(=O)O.CC(C)(C)OC(=O)N1C[C@H](O)C[C@@H]1C(=O)O.Cl.O=c1n(Cl)c(=O)n(Cl)c(=O)n1Cl.[Br-].[Mg+2].[c-]1ccccc1. The number of carbonyl (C=O) groups excluding carboxylic acids is 6. The normalized spacial score (nSPS) is 20.2. The van der Waals surface area contributed by atoms with E-state index < -0.39 is 156 Å². The summed E-state index contributed by atoms with van der Waals surface area (Å²) in [6, 6.07) is 39.4. The van der Waals surface area contributed by atoms with Crippen molar-refractivity contribution in [1.29, 1.82) is 5.26 Å². The maximum Gasteiger partial charge on any atom is 2.00 e. The minimum Gasteiger partial charge on any atom is -1.00 e. The van der Waals surface area contributed by atoms with Crippen LogP contribution in [0.4, 0.5) is 29.3 Å². The molecule has 0 bridgehead atoms. The Kier molecular flexibility index (Phi) is 40.6. The molecule has 41 heteroatoms. The second kappa shape index (κ2) is 46.1. The first kappa shape index (κ1) is 110. The molecule has 4 saturated heterocycles. The predicted octanol–water partition coefficient (Wildman–Crippen LogP) is 7.79. The zero-order valence-electron chi connectivity index (χ0n) is 71.8. The average molecular weight is 1920 g/mol. The van der Waals surface area contributed by atoms with Gasteiger partial charge >= 0.3 is 82.4 Å². The van der Waals surface area contributed by atoms with Crippen LogP contribution in [0.2, 0.25) is 0 Å². The molecule has 8 N–H and O–H groups in total. The molecule has 5 aromatic carbocycles. The van der Waals surface area contributed by atoms with Crippen molar-refractivity contribution in [3.05, 3.63) is 205 Å². The summed E-state index contributed by atoms with van der Waals surface area (Å²) in [5.74, 6) is -4.63. The molecule has 1 saturated carbocycles. The van der Waals surface area contributed by atoms with Gasteiger partial charge in [-0.15, -0.1) is 24.7 Å². The van der Waals surface area contributed by atoms with E-state index in [2.05, 4.69) is 22.2 Å². The van der Waals surface area contributed by atoms with Gasteiger partial charge in [0.1, 0.15) is 63.6 Å². The molecule has 1 unspecified atom stereocenters. The number of β-amino-alcohol motifs (C(OH)–C–C–N with tert-alkyl or cyclic N) is 3. The number of ketones is 1. The number of likely N-dealkylation sites (tertiary alicyclic amines) is 4. The molecule has 5 aliphatic rings. The van der Waals surface area contributed by atoms with Gasteiger partial charge in [-0.2, -0.15) is 41.7 Å². The summed E-state index contributed by atoms with van der Waals surface area (Å²) < 4.78 is 53.5. The number of aromatic nitrogens is 3. The molecule has 0 radical (unpaired) electrons. The fraction of sp³-hybridized carbons (Fsp3) is 0.488. The second-order valence-electron chi connectivity index (χ2n) is 34.4. The third-order valence-corrected chi connectivity index (χ3v) is 21.2. The number of aliphatic carboxylic acids is 3. The molecule has 9 atom stereocenters. The van der Waals surface area contributed by atoms with Crippen LogP contribution >= 0.6 is 47.7 Å². The summed E-state index contributed by atoms with van der Waals surface area (Å²) in [4.78, 5) is 144. The number of ether oxygens (including phenoxy) is 4. The molecule has 1 aliphatic carbocycles. The van der Waals surface area contributed by atoms with Gasteiger partial charge in [0.05, 0.1) is 70.9 Å². The number of amides is 5. The van der Waals surface area contributed by atoms with Crippen molar-refractivity contribution < 1.29 is 118 Å². The van der Waals surface area contributed by atoms with Gasteiger partial charge in [0.25, 0.3) is 0 Å². The van der Waals surface area contributed by atoms with E-state index in [-0.39, 0.29) is 128 Å². The van der Waals surface area contributed by atoms with Crippen LogP contribution in [0.5, 0.6) is 0 Å². The topological polar surface area (TPSA) is 456 Å². The van der Waals surface area contributed by atoms with Gasteiger partial charge in [-0.3, -0.25) is 29.2 Å². The maximum absolute atomic E-state index is 15.7. The van der Waals surface area contributed by atoms with Gasteiger partial charge in [0, 0.05) is 61.0 Å². The zero-order chi connectivity index (χ0) is 91.8. The molecule has 5 amide bonds. The maximum atomic E-state index is 15.7. The number of nitrogens with zero attached hydrogens (tertiary/aromatic N) is 8. The van der Waals surface area contributed by atoms with E-state index >= 15 is 4.39 Å². The molecule has 11 rings (SSSR count). The smallest absolute Gasteiger partial charge is 1.00 e. The van der Waals surface area contributed by atoms with Crippen LogP contribution in [0, 0.1) is 29.1 Å². The van der Waals surface area contributed by atoms with E-state index in [1.807, 2.05) is 63.2 Å². The largest absolute Gasteiger partial charge is 2.00 e. The fourth-order valence-corrected chi connectivity index (χ4v) is 14.2. The van der Waals surface area contributed by atoms with Crippen LogP contribution in [0.15, 0.2) is 148 Å². The van der Waals surface area contributed by atoms with Gasteiger partial charge in [-0.25, -0.2) is 61.3 Å². The number of anilines is 1. The first-order valence-electron chi connectivity index (χ1n) is 38.6. The van der Waals surface area contributed by atoms with Gasteiger partial charge in [0.2, 0.25) is 5.91 Å². The Morgan fingerprint density at radius 2 is 0.976 bits per heavy atom. The molecule has 6 aromatic rings. The van der Waals surface area contributed by atoms with Crippen LogP contribution < -0.4 is 44.1 Å². The number of rotatable bonds is 14. The number of nitrogens with one attached hydrogen (secondary N) is 2. The average Bonchev–Trinajstić information content (AvgIpc) is 1.68. The molecule has 5 heterocycles. The molecular formula is C84H106BrCl4FMgN10O23S. The minimum atomic E-state index is -1.58. The van der Waals surface area contributed by atoms with E-state index in [9.17, 15) is 87.4 Å². The second-order valence-corrected chi connectivity index (χ2v) is 37.4. The van der Waals surface area contributed by atoms with Gasteiger partial charge in [-0.05, 0) is 169 Å². The van der Waals surface area contributed by atoms with Crippen LogP contribution in [0.1, 0.15) is 183 Å². The van der Waals surface area contributed by atoms with E-state index in [0.29, 0.717) is 40.2 Å². The number of nitriles is 1. The monoisotopic (exact) mass is 1920 g/mol. The van der Waals surface area contributed by atoms with E-state index in [1.165, 1.54) is 17.0 Å². The Balaban J connectivity index is 0.000000442. The van der Waals surface area contributed by atoms with Crippen molar-refractivity contribution in [3.63, 3.8) is 0 Å². The summed E-state index contributed by atoms with van der Waals surface area (Å²) in [6.07, 6.45) is -0.566. The fourth-order valence-electron chi connectivity index (χ4n) is 12.7. The van der Waals surface area contributed by atoms with Crippen LogP contribution in [-0.4, -0.2) is 227 Å². The zero-order valence-corrected chi connectivity index (χ0v) is 78.7. The Bertz CT molecular complexity index is 4880. The molecule has 4 aliphatic heterocycles. The van der Waals surface area contributed by atoms with Crippen molar-refractivity contribution in [3.8, 4) is 6.07 Å². The molecule has 125 heavy (non-hydrogen) atoms. The van der Waals surface area contributed by atoms with E-state index in [4.69, 9.17) is 64.5 Å². The third kappa shape index (κ3) is 32.0. The number of carboxylic acid groups (broad SMARTS) is 3. The summed E-state index contributed by atoms with van der Waals surface area (Å²) >= 11 is 15.3. The number of aliphatic hydroxyl groups excluding tert-OH is 1. The molecule has 5 fully saturated rings. The number of Topliss-reactive ketones (excluding diaryl/α,β-unsaturated/α-hetero) is 1. The van der Waals surface area contributed by atoms with E-state index in [0.717, 1.165) is 34.0 Å². The van der Waals surface area contributed by atoms with Crippen molar-refractivity contribution in [1.82, 2.24) is 36.6 Å². The first-order valence-corrected chi connectivity index (χ1v) is 40.7. The standard InChI is InChI=1S/C39H47FN4O5S.C16H21NO5.C10H17NO5.C10H15NO5.C6H5.C3Cl3N3O3.BrH.ClH.Mg/c1-36(2,3)49-35(46)44-25-38(47,28-12-8-7-9-13-28)23-33(44)34(45)42-32-22-30(17-18-31(32)40)39(20-19-26-15-16-26,43-50(48)37(4,5)6)29-14-10-11-27(21-29)24-41;1-15(2,3)22-14(20)17-10-16(21,9-12(17)13(18)19)11-7-5-4-6-8-11;2*1-10(2,3)16-9(15)11-5-6(12)4-7(11)8(13)14;1-2-4-6-5-3-1;4-7-1(10)8(5)3(12)9(6)2(7)11;;;/h7-14,17-18,21-22,26,33,43,47H,15-16,19-20,23,25H2,1-6H3,(H,42,45);4-8,12,21H,9-10H2,1-3H3,(H,18,19);6-7,12H,4-5H2,1-3H3,(H,13,14);7H,4-5H2,1-3H3,(H,13,14);1-5H;;2*1H;/q;;;;-1;;;;+2/p-1/t33-,38-,39?,50-;12-,16-;6-,7-;7-;;;;;/m1111...../s1. The molecule has 33 nitrogen and oxygen atoms in total. The van der Waals surface area contributed by atoms with Gasteiger partial charge < -0.3 is 71.9 Å². The number of aliphatic hydroxyl groups is 3. The van der Waals surface area contributed by atoms with E-state index in [1.54, 1.807) is 162 Å². The van der Waals surface area contributed by atoms with Crippen molar-refractivity contribution in [2.45, 2.75) is 229 Å². The van der Waals surface area contributed by atoms with Crippen molar-refractivity contribution in [2.24, 2.45) is 5.92 Å². The summed E-state index contributed by atoms with van der Waals surface area (Å²) in [5.41, 5.74) is -7.84. The Hall–Kier alpha value is -9.04. The Morgan fingerprint density at radius 1 is 0.568 bits per heavy atom. The van der Waals surface area contributed by atoms with Crippen LogP contribution in [0.3, 0.4) is 0 Å². The van der Waals surface area contributed by atoms with Crippen LogP contribution in [0.25, 0.3) is 0 Å². The minimum absolute atomic E-state index is 0. The number of hydrogen-bond donors (Lipinski definition) is 8. The predicted molar refractivity (Wildman–Crippen MR) is 461 cm³/mol. The summed E-state index contributed by atoms with van der Waals surface area (Å²) in [5, 5.41) is 71.4. The number of halogens is 6. The first-order chi connectivity index (χ1) is 56.4. The number of benzene rings is 5. The third-order valence-electron chi connectivity index (χ3n) is 18.7. The Labute approximate surface area is 773 Å². The van der Waals surface area contributed by atoms with Crippen LogP contribution in [-0.2, 0) is 70.6 Å². The molecule has 1 aromatic heterocycles. The number of carboxylic acids is 3. The molecule has 0 spiro atoms. The molecular weight excluding hydrogens is 1810 g/mol. The van der Waals surface area contributed by atoms with Gasteiger partial charge in [-0.1, -0.05) is 91.7 Å².